The number of nitrogens with one attached hydrogen (secondary N) is 1. The van der Waals surface area contributed by atoms with Crippen LogP contribution in [0.5, 0.6) is 0 Å². The molecule has 1 N–H and O–H groups in total. The Kier molecular flexibility index (Phi) is 7.00. The van der Waals surface area contributed by atoms with E-state index in [0.717, 1.165) is 16.3 Å². The van der Waals surface area contributed by atoms with Gasteiger partial charge in [0.05, 0.1) is 16.7 Å². The lowest BCUT2D eigenvalue weighted by Crippen LogP contribution is -2.42. The summed E-state index contributed by atoms with van der Waals surface area (Å²) >= 11 is 2.93. The van der Waals surface area contributed by atoms with E-state index in [1.165, 1.54) is 18.7 Å². The van der Waals surface area contributed by atoms with Gasteiger partial charge in [-0.25, -0.2) is 0 Å². The van der Waals surface area contributed by atoms with E-state index in [1.54, 1.807) is 11.3 Å². The monoisotopic (exact) mass is 414 g/mol. The Morgan fingerprint density at radius 1 is 1.18 bits per heavy atom. The molecule has 2 heterocycles. The molecule has 1 atom stereocenters. The van der Waals surface area contributed by atoms with Crippen LogP contribution in [-0.4, -0.2) is 38.2 Å². The van der Waals surface area contributed by atoms with Gasteiger partial charge in [-0.1, -0.05) is 48.2 Å². The molecule has 0 saturated carbocycles. The molecule has 0 radical (unpaired) electrons. The highest BCUT2D eigenvalue weighted by Crippen LogP contribution is 2.27. The molecule has 3 aromatic rings. The Morgan fingerprint density at radius 3 is 2.61 bits per heavy atom. The number of hydrogen-bond donors (Lipinski definition) is 1. The Bertz CT molecular complexity index is 923. The number of thiophene rings is 1. The largest absolute Gasteiger partial charge is 0.345 e. The van der Waals surface area contributed by atoms with Crippen LogP contribution in [0, 0.1) is 0 Å². The lowest BCUT2D eigenvalue weighted by Gasteiger charge is -2.16. The topological polar surface area (TPSA) is 76.9 Å². The molecule has 0 aliphatic carbocycles. The molecule has 0 bridgehead atoms. The number of aromatic nitrogens is 3. The average molecular weight is 415 g/mol. The summed E-state index contributed by atoms with van der Waals surface area (Å²) in [7, 11) is 0. The Balaban J connectivity index is 1.61. The Morgan fingerprint density at radius 2 is 1.96 bits per heavy atom. The molecule has 0 saturated heterocycles. The normalized spacial score (nSPS) is 11.9. The first-order valence-electron chi connectivity index (χ1n) is 9.02. The molecular weight excluding hydrogens is 392 g/mol. The van der Waals surface area contributed by atoms with Crippen LogP contribution < -0.4 is 5.32 Å². The molecule has 2 aromatic heterocycles. The van der Waals surface area contributed by atoms with Crippen molar-refractivity contribution < 1.29 is 9.59 Å². The van der Waals surface area contributed by atoms with E-state index in [4.69, 9.17) is 0 Å². The van der Waals surface area contributed by atoms with Crippen molar-refractivity contribution in [1.29, 1.82) is 0 Å². The average Bonchev–Trinajstić information content (AvgIpc) is 3.35. The molecule has 0 spiro atoms. The van der Waals surface area contributed by atoms with Crippen LogP contribution in [0.3, 0.4) is 0 Å². The van der Waals surface area contributed by atoms with Gasteiger partial charge >= 0.3 is 0 Å². The van der Waals surface area contributed by atoms with Gasteiger partial charge in [0.25, 0.3) is 0 Å². The molecule has 146 valence electrons. The molecule has 28 heavy (non-hydrogen) atoms. The predicted molar refractivity (Wildman–Crippen MR) is 112 cm³/mol. The summed E-state index contributed by atoms with van der Waals surface area (Å²) in [5, 5.41) is 14.0. The molecule has 1 unspecified atom stereocenters. The highest BCUT2D eigenvalue weighted by atomic mass is 32.2. The summed E-state index contributed by atoms with van der Waals surface area (Å²) < 4.78 is 2.00. The minimum absolute atomic E-state index is 0.0566. The van der Waals surface area contributed by atoms with E-state index in [-0.39, 0.29) is 17.4 Å². The number of carbonyl (C=O) groups is 2. The zero-order valence-electron chi connectivity index (χ0n) is 15.8. The molecule has 0 aliphatic heterocycles. The zero-order valence-corrected chi connectivity index (χ0v) is 17.4. The van der Waals surface area contributed by atoms with Gasteiger partial charge in [0.1, 0.15) is 0 Å². The summed E-state index contributed by atoms with van der Waals surface area (Å²) in [5.41, 5.74) is 1.02. The number of carbonyl (C=O) groups excluding carboxylic acids is 2. The van der Waals surface area contributed by atoms with Gasteiger partial charge < -0.3 is 9.88 Å². The number of Topliss-reactive ketones (excluding diaryl/α,β-unsaturated/α-hetero) is 1. The van der Waals surface area contributed by atoms with Crippen molar-refractivity contribution in [3.8, 4) is 10.7 Å². The van der Waals surface area contributed by atoms with Gasteiger partial charge in [0.2, 0.25) is 5.91 Å². The number of amides is 1. The number of nitrogens with zero attached hydrogens (tertiary/aromatic N) is 3. The van der Waals surface area contributed by atoms with Gasteiger partial charge in [-0.3, -0.25) is 9.59 Å². The van der Waals surface area contributed by atoms with E-state index in [2.05, 4.69) is 15.5 Å². The van der Waals surface area contributed by atoms with Crippen LogP contribution in [0.15, 0.2) is 53.0 Å². The fraction of sp³-hybridized carbons (Fsp3) is 0.300. The summed E-state index contributed by atoms with van der Waals surface area (Å²) in [5.74, 6) is 0.746. The van der Waals surface area contributed by atoms with Gasteiger partial charge in [0, 0.05) is 6.54 Å². The SMILES string of the molecule is CCn1c(SCC(=O)NC(Cc2ccccc2)C(C)=O)nnc1-c1cccs1. The molecule has 0 fully saturated rings. The third-order valence-corrected chi connectivity index (χ3v) is 6.05. The maximum atomic E-state index is 12.4. The van der Waals surface area contributed by atoms with Crippen LogP contribution in [0.4, 0.5) is 0 Å². The van der Waals surface area contributed by atoms with Crippen LogP contribution in [0.25, 0.3) is 10.7 Å². The van der Waals surface area contributed by atoms with Crippen molar-refractivity contribution >= 4 is 34.8 Å². The fourth-order valence-corrected chi connectivity index (χ4v) is 4.31. The maximum absolute atomic E-state index is 12.4. The van der Waals surface area contributed by atoms with E-state index >= 15 is 0 Å². The second-order valence-corrected chi connectivity index (χ2v) is 8.13. The quantitative estimate of drug-likeness (QED) is 0.543. The molecule has 8 heteroatoms. The molecule has 6 nitrogen and oxygen atoms in total. The first-order valence-corrected chi connectivity index (χ1v) is 10.9. The first-order chi connectivity index (χ1) is 13.6. The van der Waals surface area contributed by atoms with Gasteiger partial charge in [-0.2, -0.15) is 0 Å². The number of hydrogen-bond acceptors (Lipinski definition) is 6. The molecule has 1 amide bonds. The summed E-state index contributed by atoms with van der Waals surface area (Å²) in [6.07, 6.45) is 0.486. The fourth-order valence-electron chi connectivity index (χ4n) is 2.78. The molecule has 0 aliphatic rings. The van der Waals surface area contributed by atoms with Crippen LogP contribution in [-0.2, 0) is 22.6 Å². The highest BCUT2D eigenvalue weighted by Gasteiger charge is 2.19. The standard InChI is InChI=1S/C20H22N4O2S2/c1-3-24-19(17-10-7-11-27-17)22-23-20(24)28-13-18(26)21-16(14(2)25)12-15-8-5-4-6-9-15/h4-11,16H,3,12-13H2,1-2H3,(H,21,26). The second kappa shape index (κ2) is 9.66. The first kappa shape index (κ1) is 20.3. The molecular formula is C20H22N4O2S2. The Labute approximate surface area is 172 Å². The third-order valence-electron chi connectivity index (χ3n) is 4.22. The Hall–Kier alpha value is -2.45. The third kappa shape index (κ3) is 5.08. The van der Waals surface area contributed by atoms with E-state index in [1.807, 2.05) is 59.3 Å². The van der Waals surface area contributed by atoms with Crippen LogP contribution >= 0.6 is 23.1 Å². The summed E-state index contributed by atoms with van der Waals surface area (Å²) in [6, 6.07) is 13.1. The number of rotatable bonds is 9. The smallest absolute Gasteiger partial charge is 0.231 e. The number of thioether (sulfide) groups is 1. The zero-order chi connectivity index (χ0) is 19.9. The lowest BCUT2D eigenvalue weighted by atomic mass is 10.0. The molecule has 3 rings (SSSR count). The number of ketones is 1. The number of benzene rings is 1. The van der Waals surface area contributed by atoms with Crippen molar-refractivity contribution in [3.63, 3.8) is 0 Å². The minimum Gasteiger partial charge on any atom is -0.345 e. The predicted octanol–water partition coefficient (Wildman–Crippen LogP) is 3.44. The maximum Gasteiger partial charge on any atom is 0.231 e. The lowest BCUT2D eigenvalue weighted by molar-refractivity contribution is -0.125. The van der Waals surface area contributed by atoms with Gasteiger partial charge in [0.15, 0.2) is 16.8 Å². The highest BCUT2D eigenvalue weighted by molar-refractivity contribution is 7.99. The van der Waals surface area contributed by atoms with Crippen molar-refractivity contribution in [2.75, 3.05) is 5.75 Å². The van der Waals surface area contributed by atoms with Crippen molar-refractivity contribution in [3.05, 3.63) is 53.4 Å². The minimum atomic E-state index is -0.527. The van der Waals surface area contributed by atoms with Crippen molar-refractivity contribution in [2.24, 2.45) is 0 Å². The van der Waals surface area contributed by atoms with Crippen LogP contribution in [0.2, 0.25) is 0 Å². The van der Waals surface area contributed by atoms with E-state index in [9.17, 15) is 9.59 Å². The van der Waals surface area contributed by atoms with Crippen molar-refractivity contribution in [1.82, 2.24) is 20.1 Å². The second-order valence-electron chi connectivity index (χ2n) is 6.24. The molecule has 1 aromatic carbocycles. The van der Waals surface area contributed by atoms with Gasteiger partial charge in [-0.05, 0) is 37.3 Å². The summed E-state index contributed by atoms with van der Waals surface area (Å²) in [4.78, 5) is 25.4. The van der Waals surface area contributed by atoms with Crippen LogP contribution in [0.1, 0.15) is 19.4 Å². The van der Waals surface area contributed by atoms with E-state index in [0.29, 0.717) is 18.1 Å². The van der Waals surface area contributed by atoms with Gasteiger partial charge in [-0.15, -0.1) is 21.5 Å². The summed E-state index contributed by atoms with van der Waals surface area (Å²) in [6.45, 7) is 4.24. The van der Waals surface area contributed by atoms with E-state index < -0.39 is 6.04 Å². The van der Waals surface area contributed by atoms with Crippen molar-refractivity contribution in [2.45, 2.75) is 38.0 Å².